The third kappa shape index (κ3) is 5.12. The van der Waals surface area contributed by atoms with Crippen LogP contribution in [0.15, 0.2) is 18.3 Å². The number of hydrogen-bond donors (Lipinski definition) is 1. The normalized spacial score (nSPS) is 11.5. The molecule has 0 amide bonds. The van der Waals surface area contributed by atoms with Crippen LogP contribution in [0, 0.1) is 0 Å². The van der Waals surface area contributed by atoms with E-state index in [4.69, 9.17) is 4.74 Å². The average Bonchev–Trinajstić information content (AvgIpc) is 2.23. The zero-order chi connectivity index (χ0) is 12.0. The van der Waals surface area contributed by atoms with Crippen LogP contribution in [0.25, 0.3) is 0 Å². The molecule has 1 rings (SSSR count). The fraction of sp³-hybridized carbons (Fsp3) is 0.615. The molecule has 0 spiro atoms. The lowest BCUT2D eigenvalue weighted by Crippen LogP contribution is -2.18. The lowest BCUT2D eigenvalue weighted by molar-refractivity contribution is -0.0149. The van der Waals surface area contributed by atoms with Crippen molar-refractivity contribution in [2.45, 2.75) is 46.3 Å². The molecule has 1 heterocycles. The molecule has 1 N–H and O–H groups in total. The van der Waals surface area contributed by atoms with Gasteiger partial charge in [0.15, 0.2) is 0 Å². The van der Waals surface area contributed by atoms with Crippen LogP contribution < -0.4 is 5.32 Å². The molecule has 90 valence electrons. The minimum Gasteiger partial charge on any atom is -0.371 e. The van der Waals surface area contributed by atoms with Gasteiger partial charge in [-0.05, 0) is 44.9 Å². The number of nitrogens with one attached hydrogen (secondary N) is 1. The molecule has 0 bridgehead atoms. The van der Waals surface area contributed by atoms with Crippen molar-refractivity contribution >= 4 is 5.82 Å². The van der Waals surface area contributed by atoms with Gasteiger partial charge in [0, 0.05) is 12.7 Å². The maximum atomic E-state index is 5.72. The van der Waals surface area contributed by atoms with E-state index in [0.717, 1.165) is 24.3 Å². The summed E-state index contributed by atoms with van der Waals surface area (Å²) in [4.78, 5) is 4.25. The first kappa shape index (κ1) is 13.0. The van der Waals surface area contributed by atoms with Crippen molar-refractivity contribution in [2.24, 2.45) is 0 Å². The predicted octanol–water partition coefficient (Wildman–Crippen LogP) is 3.22. The van der Waals surface area contributed by atoms with E-state index >= 15 is 0 Å². The second-order valence-electron chi connectivity index (χ2n) is 4.88. The van der Waals surface area contributed by atoms with E-state index in [9.17, 15) is 0 Å². The van der Waals surface area contributed by atoms with Gasteiger partial charge in [0.05, 0.1) is 12.2 Å². The molecule has 1 aromatic rings. The van der Waals surface area contributed by atoms with E-state index in [2.05, 4.69) is 38.0 Å². The zero-order valence-corrected chi connectivity index (χ0v) is 10.7. The number of hydrogen-bond acceptors (Lipinski definition) is 3. The molecule has 0 aliphatic carbocycles. The Bertz CT molecular complexity index is 318. The van der Waals surface area contributed by atoms with Crippen molar-refractivity contribution in [3.63, 3.8) is 0 Å². The first-order valence-corrected chi connectivity index (χ1v) is 5.84. The van der Waals surface area contributed by atoms with Crippen molar-refractivity contribution in [3.8, 4) is 0 Å². The number of anilines is 1. The molecule has 3 heteroatoms. The third-order valence-electron chi connectivity index (χ3n) is 2.05. The Morgan fingerprint density at radius 2 is 2.12 bits per heavy atom. The van der Waals surface area contributed by atoms with Gasteiger partial charge in [-0.3, -0.25) is 0 Å². The molecule has 0 radical (unpaired) electrons. The highest BCUT2D eigenvalue weighted by Gasteiger charge is 2.10. The number of pyridine rings is 1. The molecular formula is C13H22N2O. The summed E-state index contributed by atoms with van der Waals surface area (Å²) in [6.45, 7) is 9.91. The van der Waals surface area contributed by atoms with Crippen molar-refractivity contribution in [1.29, 1.82) is 0 Å². The van der Waals surface area contributed by atoms with Crippen LogP contribution in [0.5, 0.6) is 0 Å². The summed E-state index contributed by atoms with van der Waals surface area (Å²) in [6.07, 6.45) is 2.92. The van der Waals surface area contributed by atoms with Crippen LogP contribution in [0.4, 0.5) is 5.82 Å². The molecule has 0 saturated carbocycles. The van der Waals surface area contributed by atoms with E-state index in [1.54, 1.807) is 0 Å². The minimum absolute atomic E-state index is 0.0969. The summed E-state index contributed by atoms with van der Waals surface area (Å²) in [5, 5.41) is 3.27. The molecule has 3 nitrogen and oxygen atoms in total. The molecule has 0 saturated heterocycles. The molecular weight excluding hydrogens is 200 g/mol. The Kier molecular flexibility index (Phi) is 4.74. The SMILES string of the molecule is CCCNc1cc(COC(C)(C)C)ccn1. The number of aromatic nitrogens is 1. The molecule has 16 heavy (non-hydrogen) atoms. The Morgan fingerprint density at radius 3 is 2.75 bits per heavy atom. The van der Waals surface area contributed by atoms with Gasteiger partial charge >= 0.3 is 0 Å². The molecule has 0 aromatic carbocycles. The lowest BCUT2D eigenvalue weighted by atomic mass is 10.2. The Balaban J connectivity index is 2.53. The highest BCUT2D eigenvalue weighted by Crippen LogP contribution is 2.13. The number of rotatable bonds is 5. The van der Waals surface area contributed by atoms with Gasteiger partial charge in [-0.2, -0.15) is 0 Å². The summed E-state index contributed by atoms with van der Waals surface area (Å²) < 4.78 is 5.72. The summed E-state index contributed by atoms with van der Waals surface area (Å²) in [5.74, 6) is 0.928. The maximum Gasteiger partial charge on any atom is 0.126 e. The van der Waals surface area contributed by atoms with E-state index < -0.39 is 0 Å². The Morgan fingerprint density at radius 1 is 1.38 bits per heavy atom. The molecule has 0 atom stereocenters. The second-order valence-corrected chi connectivity index (χ2v) is 4.88. The van der Waals surface area contributed by atoms with Crippen LogP contribution >= 0.6 is 0 Å². The second kappa shape index (κ2) is 5.85. The van der Waals surface area contributed by atoms with Gasteiger partial charge < -0.3 is 10.1 Å². The smallest absolute Gasteiger partial charge is 0.126 e. The van der Waals surface area contributed by atoms with Gasteiger partial charge in [-0.15, -0.1) is 0 Å². The van der Waals surface area contributed by atoms with Gasteiger partial charge in [0.1, 0.15) is 5.82 Å². The van der Waals surface area contributed by atoms with Crippen LogP contribution in [0.2, 0.25) is 0 Å². The van der Waals surface area contributed by atoms with E-state index in [-0.39, 0.29) is 5.60 Å². The minimum atomic E-state index is -0.0969. The highest BCUT2D eigenvalue weighted by molar-refractivity contribution is 5.37. The monoisotopic (exact) mass is 222 g/mol. The molecule has 0 aliphatic heterocycles. The fourth-order valence-electron chi connectivity index (χ4n) is 1.21. The molecule has 0 fully saturated rings. The Labute approximate surface area is 98.2 Å². The van der Waals surface area contributed by atoms with Gasteiger partial charge in [0.2, 0.25) is 0 Å². The van der Waals surface area contributed by atoms with E-state index in [0.29, 0.717) is 6.61 Å². The summed E-state index contributed by atoms with van der Waals surface area (Å²) >= 11 is 0. The van der Waals surface area contributed by atoms with Crippen LogP contribution in [0.1, 0.15) is 39.7 Å². The maximum absolute atomic E-state index is 5.72. The topological polar surface area (TPSA) is 34.1 Å². The average molecular weight is 222 g/mol. The van der Waals surface area contributed by atoms with Crippen molar-refractivity contribution in [3.05, 3.63) is 23.9 Å². The van der Waals surface area contributed by atoms with Crippen molar-refractivity contribution in [1.82, 2.24) is 4.98 Å². The van der Waals surface area contributed by atoms with Gasteiger partial charge in [-0.1, -0.05) is 6.92 Å². The first-order chi connectivity index (χ1) is 7.51. The molecule has 0 aliphatic rings. The Hall–Kier alpha value is -1.09. The highest BCUT2D eigenvalue weighted by atomic mass is 16.5. The summed E-state index contributed by atoms with van der Waals surface area (Å²) in [6, 6.07) is 4.03. The quantitative estimate of drug-likeness (QED) is 0.830. The summed E-state index contributed by atoms with van der Waals surface area (Å²) in [5.41, 5.74) is 1.06. The molecule has 0 unspecified atom stereocenters. The molecule has 1 aromatic heterocycles. The first-order valence-electron chi connectivity index (χ1n) is 5.84. The standard InChI is InChI=1S/C13H22N2O/c1-5-7-14-12-9-11(6-8-15-12)10-16-13(2,3)4/h6,8-9H,5,7,10H2,1-4H3,(H,14,15). The number of nitrogens with zero attached hydrogens (tertiary/aromatic N) is 1. The summed E-state index contributed by atoms with van der Waals surface area (Å²) in [7, 11) is 0. The third-order valence-corrected chi connectivity index (χ3v) is 2.05. The fourth-order valence-corrected chi connectivity index (χ4v) is 1.21. The predicted molar refractivity (Wildman–Crippen MR) is 67.6 cm³/mol. The van der Waals surface area contributed by atoms with Gasteiger partial charge in [-0.25, -0.2) is 4.98 Å². The van der Waals surface area contributed by atoms with Crippen molar-refractivity contribution in [2.75, 3.05) is 11.9 Å². The van der Waals surface area contributed by atoms with Crippen molar-refractivity contribution < 1.29 is 4.74 Å². The van der Waals surface area contributed by atoms with Crippen LogP contribution in [-0.2, 0) is 11.3 Å². The van der Waals surface area contributed by atoms with E-state index in [1.807, 2.05) is 18.3 Å². The van der Waals surface area contributed by atoms with Crippen LogP contribution in [-0.4, -0.2) is 17.1 Å². The number of ether oxygens (including phenoxy) is 1. The van der Waals surface area contributed by atoms with Crippen LogP contribution in [0.3, 0.4) is 0 Å². The zero-order valence-electron chi connectivity index (χ0n) is 10.7. The lowest BCUT2D eigenvalue weighted by Gasteiger charge is -2.19. The van der Waals surface area contributed by atoms with Gasteiger partial charge in [0.25, 0.3) is 0 Å². The largest absolute Gasteiger partial charge is 0.371 e. The van der Waals surface area contributed by atoms with E-state index in [1.165, 1.54) is 0 Å².